The lowest BCUT2D eigenvalue weighted by atomic mass is 10.2. The largest absolute Gasteiger partial charge is 0.338 e. The normalized spacial score (nSPS) is 15.8. The molecule has 1 aliphatic rings. The average molecular weight is 464 g/mol. The van der Waals surface area contributed by atoms with Gasteiger partial charge in [0.2, 0.25) is 21.7 Å². The van der Waals surface area contributed by atoms with Gasteiger partial charge in [-0.25, -0.2) is 8.42 Å². The molecule has 1 aromatic heterocycles. The number of rotatable bonds is 6. The van der Waals surface area contributed by atoms with Crippen molar-refractivity contribution in [3.05, 3.63) is 69.6 Å². The Morgan fingerprint density at radius 1 is 1.06 bits per heavy atom. The van der Waals surface area contributed by atoms with Crippen LogP contribution in [-0.4, -0.2) is 58.9 Å². The minimum absolute atomic E-state index is 0.201. The molecule has 0 spiro atoms. The van der Waals surface area contributed by atoms with Crippen LogP contribution in [0.25, 0.3) is 11.4 Å². The number of halogens is 1. The number of para-hydroxylation sites is 1. The van der Waals surface area contributed by atoms with Crippen LogP contribution >= 0.6 is 11.6 Å². The highest BCUT2D eigenvalue weighted by Gasteiger charge is 2.33. The highest BCUT2D eigenvalue weighted by Crippen LogP contribution is 2.27. The fourth-order valence-electron chi connectivity index (χ4n) is 3.32. The van der Waals surface area contributed by atoms with Crippen molar-refractivity contribution in [2.45, 2.75) is 11.4 Å². The molecular formula is C19H18ClN5O5S. The molecule has 31 heavy (non-hydrogen) atoms. The number of nitro groups is 1. The third kappa shape index (κ3) is 4.59. The summed E-state index contributed by atoms with van der Waals surface area (Å²) in [5.41, 5.74) is 0.352. The van der Waals surface area contributed by atoms with Crippen molar-refractivity contribution in [2.24, 2.45) is 0 Å². The lowest BCUT2D eigenvalue weighted by molar-refractivity contribution is -0.387. The van der Waals surface area contributed by atoms with Crippen LogP contribution in [0.1, 0.15) is 5.89 Å². The summed E-state index contributed by atoms with van der Waals surface area (Å²) in [6.07, 6.45) is 0. The van der Waals surface area contributed by atoms with Gasteiger partial charge in [0.25, 0.3) is 5.69 Å². The van der Waals surface area contributed by atoms with Crippen LogP contribution in [0.3, 0.4) is 0 Å². The predicted octanol–water partition coefficient (Wildman–Crippen LogP) is 2.80. The van der Waals surface area contributed by atoms with E-state index in [0.717, 1.165) is 5.56 Å². The highest BCUT2D eigenvalue weighted by atomic mass is 35.5. The van der Waals surface area contributed by atoms with Gasteiger partial charge in [-0.2, -0.15) is 9.29 Å². The number of hydrogen-bond donors (Lipinski definition) is 0. The molecule has 0 aliphatic carbocycles. The van der Waals surface area contributed by atoms with Crippen LogP contribution in [0, 0.1) is 10.1 Å². The van der Waals surface area contributed by atoms with Crippen molar-refractivity contribution >= 4 is 27.3 Å². The van der Waals surface area contributed by atoms with Gasteiger partial charge < -0.3 is 4.52 Å². The molecule has 0 saturated carbocycles. The fraction of sp³-hybridized carbons (Fsp3) is 0.263. The molecule has 1 fully saturated rings. The Kier molecular flexibility index (Phi) is 6.01. The summed E-state index contributed by atoms with van der Waals surface area (Å²) in [4.78, 5) is 16.6. The minimum atomic E-state index is -3.97. The zero-order chi connectivity index (χ0) is 22.0. The van der Waals surface area contributed by atoms with Crippen molar-refractivity contribution in [2.75, 3.05) is 26.2 Å². The lowest BCUT2D eigenvalue weighted by Gasteiger charge is -2.32. The second kappa shape index (κ2) is 8.71. The van der Waals surface area contributed by atoms with Gasteiger partial charge in [0.15, 0.2) is 4.90 Å². The fourth-order valence-corrected chi connectivity index (χ4v) is 5.03. The van der Waals surface area contributed by atoms with Crippen LogP contribution in [0.2, 0.25) is 5.02 Å². The summed E-state index contributed by atoms with van der Waals surface area (Å²) in [6, 6.07) is 12.4. The molecule has 0 N–H and O–H groups in total. The summed E-state index contributed by atoms with van der Waals surface area (Å²) < 4.78 is 32.4. The van der Waals surface area contributed by atoms with Crippen LogP contribution < -0.4 is 0 Å². The minimum Gasteiger partial charge on any atom is -0.338 e. The first-order valence-corrected chi connectivity index (χ1v) is 11.2. The molecular weight excluding hydrogens is 446 g/mol. The van der Waals surface area contributed by atoms with E-state index in [-0.39, 0.29) is 18.0 Å². The maximum atomic E-state index is 12.9. The van der Waals surface area contributed by atoms with E-state index in [0.29, 0.717) is 36.4 Å². The van der Waals surface area contributed by atoms with E-state index in [1.54, 1.807) is 24.3 Å². The van der Waals surface area contributed by atoms with Crippen molar-refractivity contribution in [3.8, 4) is 11.4 Å². The van der Waals surface area contributed by atoms with Crippen molar-refractivity contribution < 1.29 is 17.9 Å². The molecule has 3 aromatic rings. The van der Waals surface area contributed by atoms with Gasteiger partial charge in [-0.1, -0.05) is 28.9 Å². The smallest absolute Gasteiger partial charge is 0.289 e. The molecule has 4 rings (SSSR count). The molecule has 0 amide bonds. The van der Waals surface area contributed by atoms with E-state index in [9.17, 15) is 18.5 Å². The first-order chi connectivity index (χ1) is 14.8. The molecule has 0 unspecified atom stereocenters. The van der Waals surface area contributed by atoms with Crippen LogP contribution in [0.5, 0.6) is 0 Å². The second-order valence-corrected chi connectivity index (χ2v) is 9.27. The van der Waals surface area contributed by atoms with E-state index in [4.69, 9.17) is 16.1 Å². The highest BCUT2D eigenvalue weighted by molar-refractivity contribution is 7.89. The van der Waals surface area contributed by atoms with Crippen molar-refractivity contribution in [3.63, 3.8) is 0 Å². The number of nitrogens with zero attached hydrogens (tertiary/aromatic N) is 5. The standard InChI is InChI=1S/C19H18ClN5O5S/c20-15-7-5-14(6-8-15)19-21-18(30-22-19)13-23-9-11-24(12-10-23)31(28,29)17-4-2-1-3-16(17)25(26)27/h1-8H,9-13H2. The number of sulfonamides is 1. The van der Waals surface area contributed by atoms with E-state index in [1.807, 2.05) is 4.90 Å². The van der Waals surface area contributed by atoms with Gasteiger partial charge in [0.05, 0.1) is 11.5 Å². The maximum Gasteiger partial charge on any atom is 0.289 e. The number of piperazine rings is 1. The molecule has 2 aromatic carbocycles. The van der Waals surface area contributed by atoms with E-state index >= 15 is 0 Å². The number of benzene rings is 2. The quantitative estimate of drug-likeness (QED) is 0.404. The predicted molar refractivity (Wildman–Crippen MR) is 112 cm³/mol. The van der Waals surface area contributed by atoms with Gasteiger partial charge in [-0.3, -0.25) is 15.0 Å². The second-order valence-electron chi connectivity index (χ2n) is 6.92. The first-order valence-electron chi connectivity index (χ1n) is 9.39. The third-order valence-electron chi connectivity index (χ3n) is 4.94. The van der Waals surface area contributed by atoms with Gasteiger partial charge in [0, 0.05) is 42.8 Å². The summed E-state index contributed by atoms with van der Waals surface area (Å²) in [5, 5.41) is 15.8. The monoisotopic (exact) mass is 463 g/mol. The van der Waals surface area contributed by atoms with Gasteiger partial charge in [-0.05, 0) is 30.3 Å². The van der Waals surface area contributed by atoms with Crippen LogP contribution in [-0.2, 0) is 16.6 Å². The van der Waals surface area contributed by atoms with Crippen molar-refractivity contribution in [1.82, 2.24) is 19.3 Å². The Hall–Kier alpha value is -2.86. The molecule has 1 saturated heterocycles. The van der Waals surface area contributed by atoms with Crippen LogP contribution in [0.15, 0.2) is 57.9 Å². The van der Waals surface area contributed by atoms with Crippen molar-refractivity contribution in [1.29, 1.82) is 0 Å². The molecule has 0 bridgehead atoms. The molecule has 1 aliphatic heterocycles. The topological polar surface area (TPSA) is 123 Å². The molecule has 12 heteroatoms. The zero-order valence-electron chi connectivity index (χ0n) is 16.2. The Morgan fingerprint density at radius 3 is 2.42 bits per heavy atom. The van der Waals surface area contributed by atoms with Gasteiger partial charge in [-0.15, -0.1) is 0 Å². The van der Waals surface area contributed by atoms with Gasteiger partial charge in [0.1, 0.15) is 0 Å². The summed E-state index contributed by atoms with van der Waals surface area (Å²) in [6.45, 7) is 1.64. The summed E-state index contributed by atoms with van der Waals surface area (Å²) in [7, 11) is -3.97. The molecule has 0 radical (unpaired) electrons. The number of hydrogen-bond acceptors (Lipinski definition) is 8. The first kappa shape index (κ1) is 21.4. The molecule has 162 valence electrons. The van der Waals surface area contributed by atoms with E-state index in [1.165, 1.54) is 28.6 Å². The van der Waals surface area contributed by atoms with Crippen LogP contribution in [0.4, 0.5) is 5.69 Å². The van der Waals surface area contributed by atoms with Gasteiger partial charge >= 0.3 is 0 Å². The Labute approximate surface area is 183 Å². The Morgan fingerprint density at radius 2 is 1.74 bits per heavy atom. The molecule has 10 nitrogen and oxygen atoms in total. The number of nitro benzene ring substituents is 1. The Bertz CT molecular complexity index is 1190. The summed E-state index contributed by atoms with van der Waals surface area (Å²) in [5.74, 6) is 0.865. The molecule has 2 heterocycles. The van der Waals surface area contributed by atoms with E-state index in [2.05, 4.69) is 10.1 Å². The molecule has 0 atom stereocenters. The third-order valence-corrected chi connectivity index (χ3v) is 7.14. The lowest BCUT2D eigenvalue weighted by Crippen LogP contribution is -2.48. The zero-order valence-corrected chi connectivity index (χ0v) is 17.8. The number of aromatic nitrogens is 2. The maximum absolute atomic E-state index is 12.9. The average Bonchev–Trinajstić information content (AvgIpc) is 3.23. The SMILES string of the molecule is O=[N+]([O-])c1ccccc1S(=O)(=O)N1CCN(Cc2nc(-c3ccc(Cl)cc3)no2)CC1. The van der Waals surface area contributed by atoms with E-state index < -0.39 is 20.6 Å². The Balaban J connectivity index is 1.40. The summed E-state index contributed by atoms with van der Waals surface area (Å²) >= 11 is 5.89.